The number of nitrogens with zero attached hydrogens (tertiary/aromatic N) is 2. The molecule has 0 aliphatic heterocycles. The quantitative estimate of drug-likeness (QED) is 0.793. The van der Waals surface area contributed by atoms with Gasteiger partial charge in [-0.2, -0.15) is 5.10 Å². The van der Waals surface area contributed by atoms with Crippen LogP contribution in [0.2, 0.25) is 0 Å². The zero-order chi connectivity index (χ0) is 9.80. The van der Waals surface area contributed by atoms with E-state index in [2.05, 4.69) is 11.3 Å². The zero-order valence-electron chi connectivity index (χ0n) is 8.65. The average Bonchev–Trinajstić information content (AvgIpc) is 2.85. The lowest BCUT2D eigenvalue weighted by molar-refractivity contribution is 0.583. The average molecular weight is 193 g/mol. The maximum atomic E-state index is 5.46. The van der Waals surface area contributed by atoms with Crippen LogP contribution < -0.4 is 5.73 Å². The van der Waals surface area contributed by atoms with Crippen molar-refractivity contribution in [2.75, 3.05) is 6.54 Å². The normalized spacial score (nSPS) is 17.8. The molecule has 3 heteroatoms. The van der Waals surface area contributed by atoms with Gasteiger partial charge in [0.15, 0.2) is 0 Å². The highest BCUT2D eigenvalue weighted by Gasteiger charge is 2.18. The van der Waals surface area contributed by atoms with Gasteiger partial charge in [0, 0.05) is 12.7 Å². The van der Waals surface area contributed by atoms with Crippen LogP contribution >= 0.6 is 0 Å². The van der Waals surface area contributed by atoms with Crippen molar-refractivity contribution >= 4 is 0 Å². The fraction of sp³-hybridized carbons (Fsp3) is 0.727. The summed E-state index contributed by atoms with van der Waals surface area (Å²) in [4.78, 5) is 0. The minimum Gasteiger partial charge on any atom is -0.330 e. The molecule has 14 heavy (non-hydrogen) atoms. The van der Waals surface area contributed by atoms with E-state index in [0.29, 0.717) is 0 Å². The van der Waals surface area contributed by atoms with Gasteiger partial charge in [-0.3, -0.25) is 4.68 Å². The Morgan fingerprint density at radius 1 is 1.43 bits per heavy atom. The molecule has 1 aliphatic carbocycles. The lowest BCUT2D eigenvalue weighted by Gasteiger charge is -2.04. The summed E-state index contributed by atoms with van der Waals surface area (Å²) in [6, 6.07) is 0. The van der Waals surface area contributed by atoms with Crippen LogP contribution in [0.15, 0.2) is 12.4 Å². The third-order valence-corrected chi connectivity index (χ3v) is 3.07. The van der Waals surface area contributed by atoms with Gasteiger partial charge in [-0.25, -0.2) is 0 Å². The molecule has 0 saturated heterocycles. The number of nitrogens with two attached hydrogens (primary N) is 1. The largest absolute Gasteiger partial charge is 0.330 e. The summed E-state index contributed by atoms with van der Waals surface area (Å²) in [5, 5.41) is 4.36. The fourth-order valence-electron chi connectivity index (χ4n) is 2.23. The molecule has 0 amide bonds. The topological polar surface area (TPSA) is 43.8 Å². The summed E-state index contributed by atoms with van der Waals surface area (Å²) in [5.41, 5.74) is 6.89. The van der Waals surface area contributed by atoms with Crippen molar-refractivity contribution in [1.82, 2.24) is 9.78 Å². The molecule has 1 aliphatic rings. The highest BCUT2D eigenvalue weighted by Crippen LogP contribution is 2.33. The van der Waals surface area contributed by atoms with Gasteiger partial charge in [0.2, 0.25) is 0 Å². The second-order valence-electron chi connectivity index (χ2n) is 4.16. The minimum atomic E-state index is 0.749. The number of hydrogen-bond donors (Lipinski definition) is 1. The first-order chi connectivity index (χ1) is 6.90. The first-order valence-electron chi connectivity index (χ1n) is 5.62. The molecule has 0 aromatic carbocycles. The van der Waals surface area contributed by atoms with Crippen LogP contribution in [0.1, 0.15) is 43.6 Å². The second-order valence-corrected chi connectivity index (χ2v) is 4.16. The molecule has 78 valence electrons. The van der Waals surface area contributed by atoms with Crippen LogP contribution in [-0.4, -0.2) is 16.3 Å². The zero-order valence-corrected chi connectivity index (χ0v) is 8.65. The Balaban J connectivity index is 1.94. The molecule has 2 N–H and O–H groups in total. The smallest absolute Gasteiger partial charge is 0.0524 e. The van der Waals surface area contributed by atoms with Crippen molar-refractivity contribution in [3.8, 4) is 0 Å². The van der Waals surface area contributed by atoms with Gasteiger partial charge in [-0.1, -0.05) is 12.8 Å². The molecule has 1 aromatic heterocycles. The van der Waals surface area contributed by atoms with Crippen molar-refractivity contribution in [1.29, 1.82) is 0 Å². The van der Waals surface area contributed by atoms with Gasteiger partial charge in [-0.15, -0.1) is 0 Å². The molecule has 0 spiro atoms. The summed E-state index contributed by atoms with van der Waals surface area (Å²) in [7, 11) is 0. The summed E-state index contributed by atoms with van der Waals surface area (Å²) < 4.78 is 2.03. The molecule has 0 radical (unpaired) electrons. The molecular formula is C11H19N3. The molecule has 1 saturated carbocycles. The Kier molecular flexibility index (Phi) is 3.19. The molecule has 0 bridgehead atoms. The predicted molar refractivity (Wildman–Crippen MR) is 57.1 cm³/mol. The van der Waals surface area contributed by atoms with E-state index in [4.69, 9.17) is 5.73 Å². The summed E-state index contributed by atoms with van der Waals surface area (Å²) in [6.45, 7) is 1.71. The van der Waals surface area contributed by atoms with E-state index in [9.17, 15) is 0 Å². The van der Waals surface area contributed by atoms with E-state index >= 15 is 0 Å². The molecule has 2 rings (SSSR count). The molecule has 0 unspecified atom stereocenters. The van der Waals surface area contributed by atoms with Gasteiger partial charge in [0.25, 0.3) is 0 Å². The van der Waals surface area contributed by atoms with Crippen LogP contribution in [0, 0.1) is 0 Å². The summed E-state index contributed by atoms with van der Waals surface area (Å²) in [5.74, 6) is 0.779. The maximum Gasteiger partial charge on any atom is 0.0524 e. The third-order valence-electron chi connectivity index (χ3n) is 3.07. The van der Waals surface area contributed by atoms with Crippen LogP contribution in [-0.2, 0) is 6.54 Å². The van der Waals surface area contributed by atoms with Crippen LogP contribution in [0.4, 0.5) is 0 Å². The Morgan fingerprint density at radius 3 is 2.93 bits per heavy atom. The highest BCUT2D eigenvalue weighted by molar-refractivity contribution is 5.12. The first kappa shape index (κ1) is 9.71. The Hall–Kier alpha value is -0.830. The van der Waals surface area contributed by atoms with E-state index < -0.39 is 0 Å². The lowest BCUT2D eigenvalue weighted by Crippen LogP contribution is -2.05. The SMILES string of the molecule is NCCCn1cc(C2CCCC2)cn1. The first-order valence-corrected chi connectivity index (χ1v) is 5.62. The standard InChI is InChI=1S/C11H19N3/c12-6-3-7-14-9-11(8-13-14)10-4-1-2-5-10/h8-10H,1-7,12H2. The molecule has 1 aromatic rings. The Bertz CT molecular complexity index is 274. The number of aryl methyl sites for hydroxylation is 1. The number of rotatable bonds is 4. The number of hydrogen-bond acceptors (Lipinski definition) is 2. The van der Waals surface area contributed by atoms with Crippen molar-refractivity contribution in [3.63, 3.8) is 0 Å². The molecule has 1 fully saturated rings. The van der Waals surface area contributed by atoms with Crippen LogP contribution in [0.5, 0.6) is 0 Å². The third kappa shape index (κ3) is 2.15. The van der Waals surface area contributed by atoms with Crippen molar-refractivity contribution in [2.24, 2.45) is 5.73 Å². The molecular weight excluding hydrogens is 174 g/mol. The van der Waals surface area contributed by atoms with Crippen molar-refractivity contribution in [3.05, 3.63) is 18.0 Å². The summed E-state index contributed by atoms with van der Waals surface area (Å²) >= 11 is 0. The van der Waals surface area contributed by atoms with E-state index in [0.717, 1.165) is 25.4 Å². The second kappa shape index (κ2) is 4.60. The monoisotopic (exact) mass is 193 g/mol. The van der Waals surface area contributed by atoms with E-state index in [1.807, 2.05) is 10.9 Å². The van der Waals surface area contributed by atoms with Gasteiger partial charge in [-0.05, 0) is 37.3 Å². The predicted octanol–water partition coefficient (Wildman–Crippen LogP) is 1.89. The van der Waals surface area contributed by atoms with Gasteiger partial charge in [0.1, 0.15) is 0 Å². The van der Waals surface area contributed by atoms with E-state index in [-0.39, 0.29) is 0 Å². The van der Waals surface area contributed by atoms with E-state index in [1.165, 1.54) is 31.2 Å². The van der Waals surface area contributed by atoms with Crippen LogP contribution in [0.25, 0.3) is 0 Å². The van der Waals surface area contributed by atoms with Crippen molar-refractivity contribution in [2.45, 2.75) is 44.6 Å². The Morgan fingerprint density at radius 2 is 2.21 bits per heavy atom. The van der Waals surface area contributed by atoms with E-state index in [1.54, 1.807) is 0 Å². The molecule has 1 heterocycles. The van der Waals surface area contributed by atoms with Crippen molar-refractivity contribution < 1.29 is 0 Å². The van der Waals surface area contributed by atoms with Crippen LogP contribution in [0.3, 0.4) is 0 Å². The van der Waals surface area contributed by atoms with Gasteiger partial charge >= 0.3 is 0 Å². The lowest BCUT2D eigenvalue weighted by atomic mass is 10.0. The maximum absolute atomic E-state index is 5.46. The number of aromatic nitrogens is 2. The fourth-order valence-corrected chi connectivity index (χ4v) is 2.23. The van der Waals surface area contributed by atoms with Gasteiger partial charge < -0.3 is 5.73 Å². The van der Waals surface area contributed by atoms with Gasteiger partial charge in [0.05, 0.1) is 6.20 Å². The minimum absolute atomic E-state index is 0.749. The Labute approximate surface area is 85.3 Å². The molecule has 0 atom stereocenters. The molecule has 3 nitrogen and oxygen atoms in total. The summed E-state index contributed by atoms with van der Waals surface area (Å²) in [6.07, 6.45) is 10.7. The highest BCUT2D eigenvalue weighted by atomic mass is 15.3.